The molecule has 0 spiro atoms. The van der Waals surface area contributed by atoms with Gasteiger partial charge in [0.25, 0.3) is 0 Å². The molecule has 0 aliphatic heterocycles. The molecule has 1 rings (SSSR count). The summed E-state index contributed by atoms with van der Waals surface area (Å²) in [5.74, 6) is 0.852. The van der Waals surface area contributed by atoms with E-state index in [4.69, 9.17) is 4.74 Å². The fourth-order valence-corrected chi connectivity index (χ4v) is 1.79. The van der Waals surface area contributed by atoms with Crippen LogP contribution >= 0.6 is 24.0 Å². The summed E-state index contributed by atoms with van der Waals surface area (Å²) in [7, 11) is 3.51. The molecule has 0 fully saturated rings. The average Bonchev–Trinajstić information content (AvgIpc) is 2.43. The number of unbranched alkanes of at least 4 members (excludes halogenated alkanes) is 1. The lowest BCUT2D eigenvalue weighted by atomic mass is 10.1. The lowest BCUT2D eigenvalue weighted by Gasteiger charge is -2.12. The zero-order chi connectivity index (χ0) is 13.9. The van der Waals surface area contributed by atoms with E-state index in [-0.39, 0.29) is 24.0 Å². The predicted octanol–water partition coefficient (Wildman–Crippen LogP) is 2.92. The van der Waals surface area contributed by atoms with E-state index in [0.29, 0.717) is 6.61 Å². The number of guanidine groups is 1. The molecular weight excluding hydrogens is 365 g/mol. The van der Waals surface area contributed by atoms with E-state index in [1.54, 1.807) is 14.2 Å². The molecule has 0 bridgehead atoms. The average molecular weight is 391 g/mol. The van der Waals surface area contributed by atoms with E-state index in [1.165, 1.54) is 17.5 Å². The van der Waals surface area contributed by atoms with Crippen LogP contribution in [0.4, 0.5) is 0 Å². The Hall–Kier alpha value is -0.820. The molecule has 0 aromatic heterocycles. The Balaban J connectivity index is 0.00000361. The van der Waals surface area contributed by atoms with Gasteiger partial charge in [0.15, 0.2) is 5.96 Å². The number of nitrogens with zero attached hydrogens (tertiary/aromatic N) is 1. The second-order valence-corrected chi connectivity index (χ2v) is 4.46. The van der Waals surface area contributed by atoms with E-state index in [0.717, 1.165) is 25.5 Å². The summed E-state index contributed by atoms with van der Waals surface area (Å²) in [6, 6.07) is 8.38. The number of methoxy groups -OCH3 is 1. The van der Waals surface area contributed by atoms with Gasteiger partial charge in [0.05, 0.1) is 6.61 Å². The smallest absolute Gasteiger partial charge is 0.191 e. The number of hydrogen-bond acceptors (Lipinski definition) is 2. The number of aliphatic imine (C=N–C) groups is 1. The van der Waals surface area contributed by atoms with E-state index in [1.807, 2.05) is 0 Å². The van der Waals surface area contributed by atoms with Gasteiger partial charge in [-0.1, -0.05) is 37.6 Å². The van der Waals surface area contributed by atoms with Crippen molar-refractivity contribution in [1.82, 2.24) is 10.6 Å². The van der Waals surface area contributed by atoms with Crippen molar-refractivity contribution in [3.63, 3.8) is 0 Å². The highest BCUT2D eigenvalue weighted by Crippen LogP contribution is 2.06. The van der Waals surface area contributed by atoms with Gasteiger partial charge in [0.2, 0.25) is 0 Å². The highest BCUT2D eigenvalue weighted by atomic mass is 127. The van der Waals surface area contributed by atoms with Crippen molar-refractivity contribution in [2.75, 3.05) is 20.7 Å². The van der Waals surface area contributed by atoms with Crippen molar-refractivity contribution in [2.24, 2.45) is 4.99 Å². The first-order valence-corrected chi connectivity index (χ1v) is 6.81. The molecule has 0 radical (unpaired) electrons. The molecule has 2 N–H and O–H groups in total. The number of benzene rings is 1. The van der Waals surface area contributed by atoms with Gasteiger partial charge < -0.3 is 15.4 Å². The molecule has 1 aromatic carbocycles. The van der Waals surface area contributed by atoms with Gasteiger partial charge in [0.1, 0.15) is 0 Å². The van der Waals surface area contributed by atoms with Crippen LogP contribution in [0.3, 0.4) is 0 Å². The van der Waals surface area contributed by atoms with Crippen molar-refractivity contribution < 1.29 is 4.74 Å². The molecule has 0 unspecified atom stereocenters. The zero-order valence-electron chi connectivity index (χ0n) is 12.6. The molecule has 0 saturated carbocycles. The zero-order valence-corrected chi connectivity index (χ0v) is 14.9. The summed E-state index contributed by atoms with van der Waals surface area (Å²) < 4.78 is 5.14. The second-order valence-electron chi connectivity index (χ2n) is 4.46. The first-order valence-electron chi connectivity index (χ1n) is 6.81. The Labute approximate surface area is 139 Å². The van der Waals surface area contributed by atoms with Crippen molar-refractivity contribution in [1.29, 1.82) is 0 Å². The van der Waals surface area contributed by atoms with Crippen molar-refractivity contribution >= 4 is 29.9 Å². The van der Waals surface area contributed by atoms with Crippen LogP contribution < -0.4 is 10.6 Å². The van der Waals surface area contributed by atoms with Crippen LogP contribution in [0, 0.1) is 0 Å². The third-order valence-electron chi connectivity index (χ3n) is 2.81. The number of halogens is 1. The maximum atomic E-state index is 5.14. The van der Waals surface area contributed by atoms with E-state index < -0.39 is 0 Å². The minimum atomic E-state index is 0. The first kappa shape index (κ1) is 19.2. The van der Waals surface area contributed by atoms with E-state index >= 15 is 0 Å². The quantitative estimate of drug-likeness (QED) is 0.325. The molecular formula is C15H26IN3O. The maximum absolute atomic E-state index is 5.14. The molecule has 1 aromatic rings. The SMILES string of the molecule is CCCCNC(=NC)NCc1cccc(COC)c1.I. The Morgan fingerprint density at radius 3 is 2.65 bits per heavy atom. The van der Waals surface area contributed by atoms with E-state index in [2.05, 4.69) is 46.8 Å². The number of ether oxygens (including phenoxy) is 1. The minimum absolute atomic E-state index is 0. The third-order valence-corrected chi connectivity index (χ3v) is 2.81. The lowest BCUT2D eigenvalue weighted by molar-refractivity contribution is 0.185. The standard InChI is InChI=1S/C15H25N3O.HI/c1-4-5-9-17-15(16-2)18-11-13-7-6-8-14(10-13)12-19-3;/h6-8,10H,4-5,9,11-12H2,1-3H3,(H2,16,17,18);1H. The summed E-state index contributed by atoms with van der Waals surface area (Å²) >= 11 is 0. The minimum Gasteiger partial charge on any atom is -0.380 e. The highest BCUT2D eigenvalue weighted by Gasteiger charge is 1.99. The normalized spacial score (nSPS) is 10.8. The summed E-state index contributed by atoms with van der Waals surface area (Å²) in [5.41, 5.74) is 2.42. The van der Waals surface area contributed by atoms with Crippen LogP contribution in [0.1, 0.15) is 30.9 Å². The lowest BCUT2D eigenvalue weighted by Crippen LogP contribution is -2.37. The van der Waals surface area contributed by atoms with Gasteiger partial charge in [0, 0.05) is 27.2 Å². The monoisotopic (exact) mass is 391 g/mol. The van der Waals surface area contributed by atoms with E-state index in [9.17, 15) is 0 Å². The topological polar surface area (TPSA) is 45.7 Å². The van der Waals surface area contributed by atoms with Crippen molar-refractivity contribution in [2.45, 2.75) is 32.9 Å². The third kappa shape index (κ3) is 7.69. The second kappa shape index (κ2) is 12.0. The van der Waals surface area contributed by atoms with Gasteiger partial charge >= 0.3 is 0 Å². The Morgan fingerprint density at radius 1 is 1.25 bits per heavy atom. The summed E-state index contributed by atoms with van der Waals surface area (Å²) in [5, 5.41) is 6.61. The molecule has 0 atom stereocenters. The fourth-order valence-electron chi connectivity index (χ4n) is 1.79. The largest absolute Gasteiger partial charge is 0.380 e. The van der Waals surface area contributed by atoms with Gasteiger partial charge in [-0.25, -0.2) is 0 Å². The molecule has 114 valence electrons. The van der Waals surface area contributed by atoms with Crippen LogP contribution in [0.15, 0.2) is 29.3 Å². The van der Waals surface area contributed by atoms with Gasteiger partial charge in [-0.3, -0.25) is 4.99 Å². The van der Waals surface area contributed by atoms with Crippen LogP contribution in [0.2, 0.25) is 0 Å². The Morgan fingerprint density at radius 2 is 2.00 bits per heavy atom. The summed E-state index contributed by atoms with van der Waals surface area (Å²) in [4.78, 5) is 4.20. The van der Waals surface area contributed by atoms with Crippen LogP contribution in [0.5, 0.6) is 0 Å². The maximum Gasteiger partial charge on any atom is 0.191 e. The molecule has 0 amide bonds. The Kier molecular flexibility index (Phi) is 11.5. The highest BCUT2D eigenvalue weighted by molar-refractivity contribution is 14.0. The van der Waals surface area contributed by atoms with Gasteiger partial charge in [-0.05, 0) is 17.5 Å². The number of rotatable bonds is 7. The van der Waals surface area contributed by atoms with Crippen molar-refractivity contribution in [3.8, 4) is 0 Å². The predicted molar refractivity (Wildman–Crippen MR) is 95.7 cm³/mol. The molecule has 5 heteroatoms. The Bertz CT molecular complexity index is 396. The molecule has 20 heavy (non-hydrogen) atoms. The molecule has 0 aliphatic rings. The molecule has 0 heterocycles. The van der Waals surface area contributed by atoms with Gasteiger partial charge in [-0.2, -0.15) is 0 Å². The van der Waals surface area contributed by atoms with Gasteiger partial charge in [-0.15, -0.1) is 24.0 Å². The fraction of sp³-hybridized carbons (Fsp3) is 0.533. The summed E-state index contributed by atoms with van der Waals surface area (Å²) in [6.07, 6.45) is 2.34. The van der Waals surface area contributed by atoms with Crippen LogP contribution in [0.25, 0.3) is 0 Å². The summed E-state index contributed by atoms with van der Waals surface area (Å²) in [6.45, 7) is 4.56. The number of hydrogen-bond donors (Lipinski definition) is 2. The van der Waals surface area contributed by atoms with Crippen molar-refractivity contribution in [3.05, 3.63) is 35.4 Å². The molecule has 4 nitrogen and oxygen atoms in total. The number of nitrogens with one attached hydrogen (secondary N) is 2. The van der Waals surface area contributed by atoms with Crippen LogP contribution in [-0.2, 0) is 17.9 Å². The van der Waals surface area contributed by atoms with Crippen LogP contribution in [-0.4, -0.2) is 26.7 Å². The first-order chi connectivity index (χ1) is 9.30. The molecule has 0 aliphatic carbocycles. The molecule has 0 saturated heterocycles.